The van der Waals surface area contributed by atoms with Crippen LogP contribution in [0.3, 0.4) is 0 Å². The standard InChI is InChI=1S/C15H19FN2O/c16-12-8-14-10(4-5-15(19)18-14)7-11(12)13(17)6-9-2-1-3-9/h7-9,13H,1-6,17H2,(H,18,19). The lowest BCUT2D eigenvalue weighted by Crippen LogP contribution is -2.23. The van der Waals surface area contributed by atoms with Crippen LogP contribution >= 0.6 is 0 Å². The molecule has 1 saturated carbocycles. The number of rotatable bonds is 3. The molecule has 19 heavy (non-hydrogen) atoms. The van der Waals surface area contributed by atoms with Crippen LogP contribution in [0, 0.1) is 11.7 Å². The normalized spacial score (nSPS) is 20.4. The molecule has 0 bridgehead atoms. The van der Waals surface area contributed by atoms with Crippen LogP contribution in [0.4, 0.5) is 10.1 Å². The SMILES string of the molecule is NC(CC1CCC1)c1cc2c(cc1F)NC(=O)CC2. The van der Waals surface area contributed by atoms with Gasteiger partial charge in [-0.05, 0) is 36.5 Å². The summed E-state index contributed by atoms with van der Waals surface area (Å²) in [6.45, 7) is 0. The van der Waals surface area contributed by atoms with Crippen molar-refractivity contribution in [2.24, 2.45) is 11.7 Å². The van der Waals surface area contributed by atoms with E-state index in [4.69, 9.17) is 5.73 Å². The molecular formula is C15H19FN2O. The number of carbonyl (C=O) groups is 1. The zero-order valence-electron chi connectivity index (χ0n) is 10.9. The van der Waals surface area contributed by atoms with Crippen molar-refractivity contribution in [1.82, 2.24) is 0 Å². The third-order valence-electron chi connectivity index (χ3n) is 4.33. The Bertz CT molecular complexity index is 511. The number of carbonyl (C=O) groups excluding carboxylic acids is 1. The van der Waals surface area contributed by atoms with Crippen molar-refractivity contribution in [1.29, 1.82) is 0 Å². The van der Waals surface area contributed by atoms with E-state index >= 15 is 0 Å². The minimum atomic E-state index is -0.298. The van der Waals surface area contributed by atoms with Crippen LogP contribution < -0.4 is 11.1 Å². The number of hydrogen-bond donors (Lipinski definition) is 2. The smallest absolute Gasteiger partial charge is 0.224 e. The van der Waals surface area contributed by atoms with E-state index < -0.39 is 0 Å². The molecule has 1 fully saturated rings. The second-order valence-electron chi connectivity index (χ2n) is 5.72. The van der Waals surface area contributed by atoms with Crippen molar-refractivity contribution in [3.8, 4) is 0 Å². The number of nitrogens with two attached hydrogens (primary N) is 1. The first-order valence-corrected chi connectivity index (χ1v) is 7.01. The fourth-order valence-corrected chi connectivity index (χ4v) is 2.92. The minimum Gasteiger partial charge on any atom is -0.326 e. The highest BCUT2D eigenvalue weighted by atomic mass is 19.1. The summed E-state index contributed by atoms with van der Waals surface area (Å²) in [5, 5.41) is 2.71. The molecule has 0 aromatic heterocycles. The summed E-state index contributed by atoms with van der Waals surface area (Å²) in [5.74, 6) is 0.316. The number of fused-ring (bicyclic) bond motifs is 1. The van der Waals surface area contributed by atoms with Crippen molar-refractivity contribution in [2.45, 2.75) is 44.6 Å². The fourth-order valence-electron chi connectivity index (χ4n) is 2.92. The van der Waals surface area contributed by atoms with Gasteiger partial charge in [0.15, 0.2) is 0 Å². The first-order chi connectivity index (χ1) is 9.13. The molecule has 2 aliphatic rings. The Balaban J connectivity index is 1.83. The van der Waals surface area contributed by atoms with Crippen molar-refractivity contribution in [3.63, 3.8) is 0 Å². The lowest BCUT2D eigenvalue weighted by atomic mass is 9.79. The molecule has 3 rings (SSSR count). The summed E-state index contributed by atoms with van der Waals surface area (Å²) < 4.78 is 14.1. The molecule has 1 heterocycles. The lowest BCUT2D eigenvalue weighted by Gasteiger charge is -2.29. The maximum absolute atomic E-state index is 14.1. The number of amides is 1. The number of nitrogens with one attached hydrogen (secondary N) is 1. The first kappa shape index (κ1) is 12.6. The molecule has 1 unspecified atom stereocenters. The van der Waals surface area contributed by atoms with Gasteiger partial charge in [-0.3, -0.25) is 4.79 Å². The van der Waals surface area contributed by atoms with E-state index in [9.17, 15) is 9.18 Å². The second kappa shape index (κ2) is 4.93. The molecule has 1 aromatic carbocycles. The van der Waals surface area contributed by atoms with E-state index in [1.165, 1.54) is 25.3 Å². The quantitative estimate of drug-likeness (QED) is 0.880. The number of benzene rings is 1. The van der Waals surface area contributed by atoms with Gasteiger partial charge in [0, 0.05) is 23.7 Å². The summed E-state index contributed by atoms with van der Waals surface area (Å²) in [6.07, 6.45) is 5.71. The second-order valence-corrected chi connectivity index (χ2v) is 5.72. The molecule has 0 radical (unpaired) electrons. The highest BCUT2D eigenvalue weighted by Crippen LogP contribution is 2.36. The van der Waals surface area contributed by atoms with Crippen LogP contribution in [0.1, 0.15) is 49.3 Å². The van der Waals surface area contributed by atoms with E-state index in [0.29, 0.717) is 30.0 Å². The van der Waals surface area contributed by atoms with Gasteiger partial charge >= 0.3 is 0 Å². The number of hydrogen-bond acceptors (Lipinski definition) is 2. The van der Waals surface area contributed by atoms with Crippen molar-refractivity contribution in [2.75, 3.05) is 5.32 Å². The van der Waals surface area contributed by atoms with Crippen molar-refractivity contribution >= 4 is 11.6 Å². The van der Waals surface area contributed by atoms with Gasteiger partial charge in [-0.15, -0.1) is 0 Å². The summed E-state index contributed by atoms with van der Waals surface area (Å²) >= 11 is 0. The summed E-state index contributed by atoms with van der Waals surface area (Å²) in [4.78, 5) is 11.3. The third-order valence-corrected chi connectivity index (χ3v) is 4.33. The van der Waals surface area contributed by atoms with Crippen molar-refractivity contribution in [3.05, 3.63) is 29.1 Å². The Hall–Kier alpha value is -1.42. The van der Waals surface area contributed by atoms with Gasteiger partial charge in [0.05, 0.1) is 0 Å². The topological polar surface area (TPSA) is 55.1 Å². The molecule has 3 nitrogen and oxygen atoms in total. The fraction of sp³-hybridized carbons (Fsp3) is 0.533. The number of anilines is 1. The Morgan fingerprint density at radius 2 is 2.16 bits per heavy atom. The summed E-state index contributed by atoms with van der Waals surface area (Å²) in [5.41, 5.74) is 8.34. The molecule has 3 N–H and O–H groups in total. The molecule has 0 saturated heterocycles. The minimum absolute atomic E-state index is 0.0431. The summed E-state index contributed by atoms with van der Waals surface area (Å²) in [7, 11) is 0. The van der Waals surface area contributed by atoms with E-state index in [1.54, 1.807) is 0 Å². The van der Waals surface area contributed by atoms with Gasteiger partial charge in [-0.25, -0.2) is 4.39 Å². The van der Waals surface area contributed by atoms with Crippen LogP contribution in [-0.2, 0) is 11.2 Å². The highest BCUT2D eigenvalue weighted by molar-refractivity contribution is 5.93. The molecule has 1 aliphatic carbocycles. The first-order valence-electron chi connectivity index (χ1n) is 7.01. The average Bonchev–Trinajstić information content (AvgIpc) is 2.32. The van der Waals surface area contributed by atoms with Gasteiger partial charge < -0.3 is 11.1 Å². The zero-order valence-corrected chi connectivity index (χ0v) is 10.9. The molecule has 102 valence electrons. The van der Waals surface area contributed by atoms with Crippen molar-refractivity contribution < 1.29 is 9.18 Å². The van der Waals surface area contributed by atoms with E-state index in [1.807, 2.05) is 6.07 Å². The van der Waals surface area contributed by atoms with Crippen LogP contribution in [-0.4, -0.2) is 5.91 Å². The molecule has 0 spiro atoms. The Morgan fingerprint density at radius 1 is 1.37 bits per heavy atom. The number of aryl methyl sites for hydroxylation is 1. The van der Waals surface area contributed by atoms with E-state index in [-0.39, 0.29) is 17.8 Å². The van der Waals surface area contributed by atoms with Crippen LogP contribution in [0.25, 0.3) is 0 Å². The molecule has 1 aliphatic heterocycles. The van der Waals surface area contributed by atoms with Crippen LogP contribution in [0.15, 0.2) is 12.1 Å². The molecule has 4 heteroatoms. The highest BCUT2D eigenvalue weighted by Gasteiger charge is 2.24. The summed E-state index contributed by atoms with van der Waals surface area (Å²) in [6, 6.07) is 3.03. The predicted octanol–water partition coefficient (Wildman–Crippen LogP) is 2.90. The van der Waals surface area contributed by atoms with Crippen LogP contribution in [0.5, 0.6) is 0 Å². The van der Waals surface area contributed by atoms with Gasteiger partial charge in [0.1, 0.15) is 5.82 Å². The maximum Gasteiger partial charge on any atom is 0.224 e. The lowest BCUT2D eigenvalue weighted by molar-refractivity contribution is -0.116. The monoisotopic (exact) mass is 262 g/mol. The molecular weight excluding hydrogens is 243 g/mol. The Labute approximate surface area is 112 Å². The Morgan fingerprint density at radius 3 is 2.84 bits per heavy atom. The number of halogens is 1. The third kappa shape index (κ3) is 2.50. The Kier molecular flexibility index (Phi) is 3.27. The van der Waals surface area contributed by atoms with Crippen LogP contribution in [0.2, 0.25) is 0 Å². The van der Waals surface area contributed by atoms with Gasteiger partial charge in [0.2, 0.25) is 5.91 Å². The average molecular weight is 262 g/mol. The maximum atomic E-state index is 14.1. The molecule has 1 atom stereocenters. The largest absolute Gasteiger partial charge is 0.326 e. The van der Waals surface area contributed by atoms with Gasteiger partial charge in [-0.2, -0.15) is 0 Å². The van der Waals surface area contributed by atoms with E-state index in [2.05, 4.69) is 5.32 Å². The van der Waals surface area contributed by atoms with Gasteiger partial charge in [-0.1, -0.05) is 19.3 Å². The predicted molar refractivity (Wildman–Crippen MR) is 72.2 cm³/mol. The molecule has 1 aromatic rings. The molecule has 1 amide bonds. The zero-order chi connectivity index (χ0) is 13.4. The van der Waals surface area contributed by atoms with Gasteiger partial charge in [0.25, 0.3) is 0 Å². The van der Waals surface area contributed by atoms with E-state index in [0.717, 1.165) is 12.0 Å².